The molecular formula is C57H111NO4. The van der Waals surface area contributed by atoms with Gasteiger partial charge in [0.15, 0.2) is 0 Å². The average Bonchev–Trinajstić information content (AvgIpc) is 3.28. The van der Waals surface area contributed by atoms with Crippen LogP contribution in [0.3, 0.4) is 0 Å². The third-order valence-electron chi connectivity index (χ3n) is 13.3. The highest BCUT2D eigenvalue weighted by atomic mass is 16.3. The van der Waals surface area contributed by atoms with Gasteiger partial charge in [0, 0.05) is 6.42 Å². The monoisotopic (exact) mass is 874 g/mol. The van der Waals surface area contributed by atoms with E-state index in [1.807, 2.05) is 0 Å². The summed E-state index contributed by atoms with van der Waals surface area (Å²) in [5.41, 5.74) is 0. The van der Waals surface area contributed by atoms with Crippen molar-refractivity contribution in [1.29, 1.82) is 0 Å². The number of hydrogen-bond acceptors (Lipinski definition) is 4. The minimum absolute atomic E-state index is 0.153. The van der Waals surface area contributed by atoms with Gasteiger partial charge in [0.1, 0.15) is 6.10 Å². The van der Waals surface area contributed by atoms with E-state index in [-0.39, 0.29) is 12.5 Å². The average molecular weight is 875 g/mol. The van der Waals surface area contributed by atoms with E-state index in [4.69, 9.17) is 0 Å². The number of amides is 1. The third kappa shape index (κ3) is 46.8. The second-order valence-corrected chi connectivity index (χ2v) is 19.5. The fraction of sp³-hybridized carbons (Fsp3) is 0.912. The summed E-state index contributed by atoms with van der Waals surface area (Å²) >= 11 is 0. The van der Waals surface area contributed by atoms with Crippen LogP contribution in [0.1, 0.15) is 309 Å². The van der Waals surface area contributed by atoms with Gasteiger partial charge in [-0.15, -0.1) is 0 Å². The molecule has 0 aliphatic rings. The largest absolute Gasteiger partial charge is 0.394 e. The van der Waals surface area contributed by atoms with Crippen LogP contribution in [0.4, 0.5) is 0 Å². The lowest BCUT2D eigenvalue weighted by Gasteiger charge is -2.26. The molecule has 5 heteroatoms. The normalized spacial score (nSPS) is 13.4. The first kappa shape index (κ1) is 60.8. The third-order valence-corrected chi connectivity index (χ3v) is 13.3. The molecule has 5 nitrogen and oxygen atoms in total. The second-order valence-electron chi connectivity index (χ2n) is 19.5. The summed E-state index contributed by atoms with van der Waals surface area (Å²) in [6.45, 7) is 4.16. The molecule has 0 aliphatic carbocycles. The van der Waals surface area contributed by atoms with Crippen LogP contribution in [-0.2, 0) is 4.79 Å². The van der Waals surface area contributed by atoms with Crippen molar-refractivity contribution in [3.8, 4) is 0 Å². The van der Waals surface area contributed by atoms with E-state index in [1.165, 1.54) is 238 Å². The molecule has 0 aromatic heterocycles. The van der Waals surface area contributed by atoms with Crippen molar-refractivity contribution in [1.82, 2.24) is 5.32 Å². The van der Waals surface area contributed by atoms with Gasteiger partial charge in [-0.1, -0.05) is 276 Å². The number of unbranched alkanes of at least 4 members (excludes halogenated alkanes) is 40. The van der Waals surface area contributed by atoms with Crippen LogP contribution >= 0.6 is 0 Å². The maximum absolute atomic E-state index is 12.5. The molecule has 3 atom stereocenters. The van der Waals surface area contributed by atoms with Crippen LogP contribution in [0.2, 0.25) is 0 Å². The highest BCUT2D eigenvalue weighted by molar-refractivity contribution is 5.76. The molecule has 0 spiro atoms. The molecule has 0 saturated heterocycles. The number of carbonyl (C=O) groups is 1. The maximum Gasteiger partial charge on any atom is 0.220 e. The SMILES string of the molecule is CCCCCC/C=C/CC/C=C/CCCC(O)C(O)C(CO)NC(=O)CCCCCCCCCCCCCCCCCCCCCCCCCCCCCCCCCCCCC. The van der Waals surface area contributed by atoms with Gasteiger partial charge in [0.2, 0.25) is 5.91 Å². The minimum atomic E-state index is -1.16. The van der Waals surface area contributed by atoms with Gasteiger partial charge >= 0.3 is 0 Å². The van der Waals surface area contributed by atoms with E-state index in [2.05, 4.69) is 43.5 Å². The molecule has 3 unspecified atom stereocenters. The van der Waals surface area contributed by atoms with Gasteiger partial charge in [-0.05, 0) is 51.4 Å². The predicted octanol–water partition coefficient (Wildman–Crippen LogP) is 17.3. The Balaban J connectivity index is 3.44. The van der Waals surface area contributed by atoms with Crippen LogP contribution < -0.4 is 5.32 Å². The highest BCUT2D eigenvalue weighted by Gasteiger charge is 2.26. The number of aliphatic hydroxyl groups excluding tert-OH is 3. The Hall–Kier alpha value is -1.17. The van der Waals surface area contributed by atoms with E-state index >= 15 is 0 Å². The second kappa shape index (κ2) is 52.5. The molecule has 4 N–H and O–H groups in total. The Morgan fingerprint density at radius 2 is 0.661 bits per heavy atom. The lowest BCUT2D eigenvalue weighted by Crippen LogP contribution is -2.50. The predicted molar refractivity (Wildman–Crippen MR) is 273 cm³/mol. The molecule has 0 heterocycles. The summed E-state index contributed by atoms with van der Waals surface area (Å²) in [7, 11) is 0. The number of nitrogens with one attached hydrogen (secondary N) is 1. The fourth-order valence-corrected chi connectivity index (χ4v) is 8.95. The van der Waals surface area contributed by atoms with Gasteiger partial charge in [-0.2, -0.15) is 0 Å². The Labute approximate surface area is 388 Å². The maximum atomic E-state index is 12.5. The van der Waals surface area contributed by atoms with Crippen molar-refractivity contribution >= 4 is 5.91 Å². The van der Waals surface area contributed by atoms with Gasteiger partial charge in [-0.3, -0.25) is 4.79 Å². The zero-order valence-electron chi connectivity index (χ0n) is 42.0. The summed E-state index contributed by atoms with van der Waals surface area (Å²) < 4.78 is 0. The van der Waals surface area contributed by atoms with Crippen molar-refractivity contribution in [2.75, 3.05) is 6.61 Å². The Morgan fingerprint density at radius 3 is 0.984 bits per heavy atom. The van der Waals surface area contributed by atoms with Crippen LogP contribution in [0.5, 0.6) is 0 Å². The van der Waals surface area contributed by atoms with Gasteiger partial charge < -0.3 is 20.6 Å². The number of carbonyl (C=O) groups excluding carboxylic acids is 1. The fourth-order valence-electron chi connectivity index (χ4n) is 8.95. The lowest BCUT2D eigenvalue weighted by atomic mass is 10.0. The Morgan fingerprint density at radius 1 is 0.387 bits per heavy atom. The molecule has 0 aliphatic heterocycles. The molecular weight excluding hydrogens is 763 g/mol. The number of aliphatic hydroxyl groups is 3. The standard InChI is InChI=1S/C57H111NO4/c1-3-5-7-9-11-13-15-17-18-19-20-21-22-23-24-25-26-27-28-29-30-31-32-33-34-35-36-37-38-40-42-44-46-48-50-52-56(61)58-54(53-59)57(62)55(60)51-49-47-45-43-41-39-16-14-12-10-8-6-4-2/h14,16,43,45,54-55,57,59-60,62H,3-13,15,17-42,44,46-53H2,1-2H3,(H,58,61)/b16-14+,45-43+. The smallest absolute Gasteiger partial charge is 0.220 e. The lowest BCUT2D eigenvalue weighted by molar-refractivity contribution is -0.124. The van der Waals surface area contributed by atoms with E-state index in [0.717, 1.165) is 44.9 Å². The first-order valence-corrected chi connectivity index (χ1v) is 28.1. The Kier molecular flexibility index (Phi) is 51.5. The molecule has 62 heavy (non-hydrogen) atoms. The van der Waals surface area contributed by atoms with E-state index in [1.54, 1.807) is 0 Å². The van der Waals surface area contributed by atoms with Crippen LogP contribution in [-0.4, -0.2) is 46.1 Å². The van der Waals surface area contributed by atoms with E-state index in [0.29, 0.717) is 12.8 Å². The molecule has 0 saturated carbocycles. The summed E-state index contributed by atoms with van der Waals surface area (Å²) in [4.78, 5) is 12.5. The summed E-state index contributed by atoms with van der Waals surface area (Å²) in [5.74, 6) is -0.153. The summed E-state index contributed by atoms with van der Waals surface area (Å²) in [6.07, 6.45) is 66.4. The van der Waals surface area contributed by atoms with Crippen molar-refractivity contribution in [2.45, 2.75) is 327 Å². The minimum Gasteiger partial charge on any atom is -0.394 e. The van der Waals surface area contributed by atoms with Crippen molar-refractivity contribution in [3.63, 3.8) is 0 Å². The first-order valence-electron chi connectivity index (χ1n) is 28.1. The van der Waals surface area contributed by atoms with Crippen LogP contribution in [0.15, 0.2) is 24.3 Å². The van der Waals surface area contributed by atoms with E-state index in [9.17, 15) is 20.1 Å². The quantitative estimate of drug-likeness (QED) is 0.0362. The molecule has 0 rings (SSSR count). The molecule has 1 amide bonds. The zero-order chi connectivity index (χ0) is 45.1. The van der Waals surface area contributed by atoms with Gasteiger partial charge in [0.05, 0.1) is 18.8 Å². The highest BCUT2D eigenvalue weighted by Crippen LogP contribution is 2.18. The summed E-state index contributed by atoms with van der Waals surface area (Å²) in [6, 6.07) is -0.829. The molecule has 0 aromatic rings. The van der Waals surface area contributed by atoms with Crippen molar-refractivity contribution < 1.29 is 20.1 Å². The zero-order valence-corrected chi connectivity index (χ0v) is 42.0. The first-order chi connectivity index (χ1) is 30.6. The van der Waals surface area contributed by atoms with Crippen LogP contribution in [0.25, 0.3) is 0 Å². The van der Waals surface area contributed by atoms with Crippen molar-refractivity contribution in [3.05, 3.63) is 24.3 Å². The van der Waals surface area contributed by atoms with Gasteiger partial charge in [-0.25, -0.2) is 0 Å². The molecule has 0 fully saturated rings. The molecule has 0 radical (unpaired) electrons. The van der Waals surface area contributed by atoms with Crippen LogP contribution in [0, 0.1) is 0 Å². The van der Waals surface area contributed by atoms with E-state index < -0.39 is 18.2 Å². The molecule has 368 valence electrons. The number of rotatable bonds is 52. The molecule has 0 bridgehead atoms. The van der Waals surface area contributed by atoms with Crippen molar-refractivity contribution in [2.24, 2.45) is 0 Å². The number of hydrogen-bond donors (Lipinski definition) is 4. The topological polar surface area (TPSA) is 89.8 Å². The van der Waals surface area contributed by atoms with Gasteiger partial charge in [0.25, 0.3) is 0 Å². The summed E-state index contributed by atoms with van der Waals surface area (Å²) in [5, 5.41) is 33.6. The number of allylic oxidation sites excluding steroid dienone is 4. The molecule has 0 aromatic carbocycles. The Bertz CT molecular complexity index is 920.